The minimum Gasteiger partial charge on any atom is -0.280 e. The molecule has 0 aliphatic carbocycles. The Kier molecular flexibility index (Phi) is 2.93. The molecule has 1 aromatic carbocycles. The number of carbonyl (C=O) groups is 1. The van der Waals surface area contributed by atoms with Gasteiger partial charge in [0.25, 0.3) is 0 Å². The van der Waals surface area contributed by atoms with Gasteiger partial charge in [-0.05, 0) is 17.3 Å². The molecule has 0 unspecified atom stereocenters. The summed E-state index contributed by atoms with van der Waals surface area (Å²) in [6.07, 6.45) is -4.62. The molecule has 1 amide bonds. The van der Waals surface area contributed by atoms with Crippen LogP contribution in [0.3, 0.4) is 0 Å². The number of alkyl halides is 3. The third-order valence-electron chi connectivity index (χ3n) is 2.32. The van der Waals surface area contributed by atoms with Crippen LogP contribution in [0, 0.1) is 0 Å². The Labute approximate surface area is 95.6 Å². The average molecular weight is 245 g/mol. The molecule has 17 heavy (non-hydrogen) atoms. The second kappa shape index (κ2) is 4.25. The van der Waals surface area contributed by atoms with Crippen LogP contribution in [0.25, 0.3) is 0 Å². The van der Waals surface area contributed by atoms with Gasteiger partial charge in [0.2, 0.25) is 5.91 Å². The molecule has 0 aromatic heterocycles. The van der Waals surface area contributed by atoms with E-state index in [2.05, 4.69) is 0 Å². The van der Waals surface area contributed by atoms with Crippen molar-refractivity contribution in [2.75, 3.05) is 11.6 Å². The lowest BCUT2D eigenvalue weighted by Crippen LogP contribution is -2.64. The van der Waals surface area contributed by atoms with E-state index in [0.29, 0.717) is 5.69 Å². The number of para-hydroxylation sites is 1. The van der Waals surface area contributed by atoms with Gasteiger partial charge in [-0.1, -0.05) is 18.2 Å². The predicted molar refractivity (Wildman–Crippen MR) is 54.4 cm³/mol. The Morgan fingerprint density at radius 3 is 2.41 bits per heavy atom. The summed E-state index contributed by atoms with van der Waals surface area (Å²) in [5, 5.41) is 0.898. The van der Waals surface area contributed by atoms with E-state index < -0.39 is 12.2 Å². The van der Waals surface area contributed by atoms with Crippen LogP contribution in [0.15, 0.2) is 30.3 Å². The molecule has 0 bridgehead atoms. The zero-order chi connectivity index (χ0) is 12.5. The lowest BCUT2D eigenvalue weighted by Gasteiger charge is -2.39. The molecule has 0 radical (unpaired) electrons. The van der Waals surface area contributed by atoms with Gasteiger partial charge in [0.1, 0.15) is 0 Å². The maximum absolute atomic E-state index is 12.7. The van der Waals surface area contributed by atoms with E-state index >= 15 is 0 Å². The zero-order valence-corrected chi connectivity index (χ0v) is 8.74. The fourth-order valence-corrected chi connectivity index (χ4v) is 1.59. The fourth-order valence-electron chi connectivity index (χ4n) is 1.59. The first-order valence-corrected chi connectivity index (χ1v) is 4.97. The van der Waals surface area contributed by atoms with Crippen LogP contribution in [0.4, 0.5) is 18.9 Å². The van der Waals surface area contributed by atoms with Gasteiger partial charge in [-0.25, -0.2) is 0 Å². The number of nitrogens with zero attached hydrogens (tertiary/aromatic N) is 2. The van der Waals surface area contributed by atoms with E-state index in [1.165, 1.54) is 0 Å². The van der Waals surface area contributed by atoms with Crippen molar-refractivity contribution < 1.29 is 18.0 Å². The van der Waals surface area contributed by atoms with E-state index in [4.69, 9.17) is 0 Å². The Hall–Kier alpha value is -1.76. The number of halogens is 3. The van der Waals surface area contributed by atoms with Crippen LogP contribution >= 0.6 is 0 Å². The molecule has 1 fully saturated rings. The number of amides is 1. The van der Waals surface area contributed by atoms with Crippen LogP contribution in [0.2, 0.25) is 0 Å². The lowest BCUT2D eigenvalue weighted by molar-refractivity contribution is -0.269. The summed E-state index contributed by atoms with van der Waals surface area (Å²) in [6, 6.07) is 8.09. The van der Waals surface area contributed by atoms with Gasteiger partial charge < -0.3 is 0 Å². The van der Waals surface area contributed by atoms with Gasteiger partial charge in [0.05, 0.1) is 5.69 Å². The number of carbonyl (C=O) groups excluding carboxylic acids is 1. The van der Waals surface area contributed by atoms with Crippen molar-refractivity contribution in [1.29, 1.82) is 0 Å². The monoisotopic (exact) mass is 245 g/mol. The summed E-state index contributed by atoms with van der Waals surface area (Å²) in [5.41, 5.74) is 2.18. The molecule has 1 saturated heterocycles. The van der Waals surface area contributed by atoms with Crippen LogP contribution in [-0.4, -0.2) is 23.9 Å². The largest absolute Gasteiger partial charge is 0.496 e. The summed E-state index contributed by atoms with van der Waals surface area (Å²) in [5.74, 6) is -0.644. The molecule has 92 valence electrons. The molecule has 0 saturated carbocycles. The number of hydrogen-bond donors (Lipinski definition) is 1. The van der Waals surface area contributed by atoms with Gasteiger partial charge in [0.15, 0.2) is 0 Å². The topological polar surface area (TPSA) is 35.6 Å². The van der Waals surface area contributed by atoms with Crippen molar-refractivity contribution in [3.05, 3.63) is 30.3 Å². The van der Waals surface area contributed by atoms with Crippen molar-refractivity contribution in [2.24, 2.45) is 0 Å². The quantitative estimate of drug-likeness (QED) is 0.764. The molecule has 1 aliphatic heterocycles. The lowest BCUT2D eigenvalue weighted by atomic mass is 10.3. The molecule has 0 spiro atoms. The third-order valence-corrected chi connectivity index (χ3v) is 2.32. The summed E-state index contributed by atoms with van der Waals surface area (Å²) < 4.78 is 38.2. The minimum atomic E-state index is -4.65. The van der Waals surface area contributed by atoms with Crippen LogP contribution in [0.1, 0.15) is 6.42 Å². The van der Waals surface area contributed by atoms with E-state index in [1.54, 1.807) is 35.8 Å². The Morgan fingerprint density at radius 2 is 1.82 bits per heavy atom. The highest BCUT2D eigenvalue weighted by molar-refractivity contribution is 5.77. The normalized spacial score (nSPS) is 18.1. The molecule has 1 N–H and O–H groups in total. The molecule has 1 heterocycles. The molecule has 0 atom stereocenters. The van der Waals surface area contributed by atoms with Crippen molar-refractivity contribution in [3.8, 4) is 0 Å². The smallest absolute Gasteiger partial charge is 0.280 e. The standard InChI is InChI=1S/C10H10F3N3O/c11-10(12,13)16-14-9(17)6-7-15(16)8-4-2-1-3-5-8/h1-5H,6-7H2,(H,14,17). The van der Waals surface area contributed by atoms with Gasteiger partial charge in [-0.15, -0.1) is 0 Å². The van der Waals surface area contributed by atoms with Gasteiger partial charge in [-0.2, -0.15) is 13.2 Å². The van der Waals surface area contributed by atoms with Crippen LogP contribution in [-0.2, 0) is 4.79 Å². The summed E-state index contributed by atoms with van der Waals surface area (Å²) in [4.78, 5) is 11.0. The highest BCUT2D eigenvalue weighted by Gasteiger charge is 2.45. The van der Waals surface area contributed by atoms with E-state index in [9.17, 15) is 18.0 Å². The third kappa shape index (κ3) is 2.50. The van der Waals surface area contributed by atoms with Crippen molar-refractivity contribution in [2.45, 2.75) is 12.7 Å². The van der Waals surface area contributed by atoms with Crippen molar-refractivity contribution in [3.63, 3.8) is 0 Å². The van der Waals surface area contributed by atoms with Crippen molar-refractivity contribution in [1.82, 2.24) is 10.5 Å². The Morgan fingerprint density at radius 1 is 1.18 bits per heavy atom. The second-order valence-electron chi connectivity index (χ2n) is 3.52. The Bertz CT molecular complexity index is 407. The maximum Gasteiger partial charge on any atom is 0.496 e. The molecule has 4 nitrogen and oxygen atoms in total. The first-order valence-electron chi connectivity index (χ1n) is 4.97. The van der Waals surface area contributed by atoms with Gasteiger partial charge in [-0.3, -0.25) is 15.2 Å². The predicted octanol–water partition coefficient (Wildman–Crippen LogP) is 1.66. The number of nitrogens with one attached hydrogen (secondary N) is 1. The summed E-state index contributed by atoms with van der Waals surface area (Å²) in [7, 11) is 0. The van der Waals surface area contributed by atoms with Crippen LogP contribution < -0.4 is 10.4 Å². The SMILES string of the molecule is O=C1CCN(c2ccccc2)N(C(F)(F)F)N1. The van der Waals surface area contributed by atoms with Crippen LogP contribution in [0.5, 0.6) is 0 Å². The summed E-state index contributed by atoms with van der Waals surface area (Å²) in [6.45, 7) is -0.00461. The molecule has 2 rings (SSSR count). The maximum atomic E-state index is 12.7. The van der Waals surface area contributed by atoms with E-state index in [1.807, 2.05) is 0 Å². The van der Waals surface area contributed by atoms with E-state index in [-0.39, 0.29) is 18.1 Å². The number of hydrazine groups is 2. The highest BCUT2D eigenvalue weighted by atomic mass is 19.4. The molecule has 1 aliphatic rings. The van der Waals surface area contributed by atoms with Crippen molar-refractivity contribution >= 4 is 11.6 Å². The minimum absolute atomic E-state index is 0.00461. The first-order chi connectivity index (χ1) is 7.98. The second-order valence-corrected chi connectivity index (χ2v) is 3.52. The summed E-state index contributed by atoms with van der Waals surface area (Å²) >= 11 is 0. The molecular formula is C10H10F3N3O. The van der Waals surface area contributed by atoms with E-state index in [0.717, 1.165) is 5.01 Å². The highest BCUT2D eigenvalue weighted by Crippen LogP contribution is 2.27. The number of anilines is 1. The molecule has 7 heteroatoms. The number of rotatable bonds is 1. The molecular weight excluding hydrogens is 235 g/mol. The first kappa shape index (κ1) is 11.7. The molecule has 1 aromatic rings. The zero-order valence-electron chi connectivity index (χ0n) is 8.74. The van der Waals surface area contributed by atoms with Gasteiger partial charge in [0, 0.05) is 13.0 Å². The fraction of sp³-hybridized carbons (Fsp3) is 0.300. The number of hydrogen-bond acceptors (Lipinski definition) is 3. The van der Waals surface area contributed by atoms with Gasteiger partial charge >= 0.3 is 6.30 Å². The Balaban J connectivity index is 2.28. The number of benzene rings is 1. The average Bonchev–Trinajstić information content (AvgIpc) is 2.29.